The monoisotopic (exact) mass is 371 g/mol. The van der Waals surface area contributed by atoms with Gasteiger partial charge in [-0.25, -0.2) is 4.79 Å². The summed E-state index contributed by atoms with van der Waals surface area (Å²) in [4.78, 5) is 39.7. The van der Waals surface area contributed by atoms with Crippen LogP contribution in [0.3, 0.4) is 0 Å². The number of rotatable bonds is 10. The molecule has 0 radical (unpaired) electrons. The van der Waals surface area contributed by atoms with Crippen LogP contribution in [0.1, 0.15) is 32.2 Å². The molecule has 3 amide bonds. The molecule has 3 atom stereocenters. The van der Waals surface area contributed by atoms with E-state index in [4.69, 9.17) is 16.2 Å². The van der Waals surface area contributed by atoms with E-state index in [1.165, 1.54) is 18.6 Å². The molecule has 5 N–H and O–H groups in total. The van der Waals surface area contributed by atoms with Crippen LogP contribution in [-0.4, -0.2) is 40.2 Å². The number of amides is 3. The number of urea groups is 1. The fourth-order valence-electron chi connectivity index (χ4n) is 2.62. The smallest absolute Gasteiger partial charge is 0.328 e. The van der Waals surface area contributed by atoms with E-state index in [0.29, 0.717) is 18.9 Å². The minimum Gasteiger partial charge on any atom is -0.466 e. The van der Waals surface area contributed by atoms with Crippen molar-refractivity contribution < 1.29 is 19.1 Å². The molecule has 0 saturated carbocycles. The average Bonchev–Trinajstić information content (AvgIpc) is 2.92. The summed E-state index contributed by atoms with van der Waals surface area (Å²) < 4.78 is 8.96. The second-order valence-electron chi connectivity index (χ2n) is 6.31. The normalized spacial score (nSPS) is 14.6. The SMILES string of the molecule is COc1nsc(CC(C)C[C@H](NC(N)=O)C(=O)C(C(N)=O)C(C)C)n1. The summed E-state index contributed by atoms with van der Waals surface area (Å²) >= 11 is 1.21. The molecule has 10 heteroatoms. The Balaban J connectivity index is 2.85. The molecule has 0 fully saturated rings. The maximum Gasteiger partial charge on any atom is 0.328 e. The van der Waals surface area contributed by atoms with E-state index in [1.54, 1.807) is 13.8 Å². The highest BCUT2D eigenvalue weighted by atomic mass is 32.1. The number of nitrogens with two attached hydrogens (primary N) is 2. The van der Waals surface area contributed by atoms with Gasteiger partial charge in [0, 0.05) is 6.42 Å². The zero-order valence-corrected chi connectivity index (χ0v) is 15.6. The maximum absolute atomic E-state index is 12.7. The van der Waals surface area contributed by atoms with Gasteiger partial charge in [0.15, 0.2) is 5.78 Å². The molecule has 2 unspecified atom stereocenters. The van der Waals surface area contributed by atoms with Gasteiger partial charge in [-0.1, -0.05) is 20.8 Å². The Morgan fingerprint density at radius 2 is 1.88 bits per heavy atom. The standard InChI is InChI=1S/C15H25N5O4S/c1-7(2)11(13(16)22)12(21)9(18-14(17)23)5-8(3)6-10-19-15(24-4)20-25-10/h7-9,11H,5-6H2,1-4H3,(H2,16,22)(H3,17,18,23)/t8?,9-,11?/m0/s1. The first-order chi connectivity index (χ1) is 11.6. The van der Waals surface area contributed by atoms with Gasteiger partial charge < -0.3 is 21.5 Å². The molecule has 140 valence electrons. The van der Waals surface area contributed by atoms with E-state index in [0.717, 1.165) is 5.01 Å². The van der Waals surface area contributed by atoms with Crippen molar-refractivity contribution in [3.8, 4) is 6.01 Å². The summed E-state index contributed by atoms with van der Waals surface area (Å²) in [7, 11) is 1.48. The van der Waals surface area contributed by atoms with Crippen molar-refractivity contribution in [1.29, 1.82) is 0 Å². The van der Waals surface area contributed by atoms with Crippen LogP contribution in [0.25, 0.3) is 0 Å². The number of methoxy groups -OCH3 is 1. The molecule has 0 spiro atoms. The molecule has 9 nitrogen and oxygen atoms in total. The lowest BCUT2D eigenvalue weighted by atomic mass is 9.84. The Kier molecular flexibility index (Phi) is 7.75. The van der Waals surface area contributed by atoms with Crippen molar-refractivity contribution in [2.45, 2.75) is 39.7 Å². The van der Waals surface area contributed by atoms with Crippen molar-refractivity contribution in [2.75, 3.05) is 7.11 Å². The van der Waals surface area contributed by atoms with Crippen molar-refractivity contribution in [3.63, 3.8) is 0 Å². The van der Waals surface area contributed by atoms with E-state index in [-0.39, 0.29) is 11.8 Å². The number of carbonyl (C=O) groups is 3. The molecule has 1 rings (SSSR count). The number of Topliss-reactive ketones (excluding diaryl/α,β-unsaturated/α-hetero) is 1. The summed E-state index contributed by atoms with van der Waals surface area (Å²) in [5.41, 5.74) is 10.5. The first-order valence-corrected chi connectivity index (χ1v) is 8.68. The summed E-state index contributed by atoms with van der Waals surface area (Å²) in [5, 5.41) is 3.18. The molecule has 0 bridgehead atoms. The Hall–Kier alpha value is -2.23. The van der Waals surface area contributed by atoms with Crippen LogP contribution in [0.15, 0.2) is 0 Å². The first-order valence-electron chi connectivity index (χ1n) is 7.91. The molecule has 25 heavy (non-hydrogen) atoms. The van der Waals surface area contributed by atoms with Gasteiger partial charge in [0.1, 0.15) is 10.9 Å². The summed E-state index contributed by atoms with van der Waals surface area (Å²) in [6.07, 6.45) is 0.855. The van der Waals surface area contributed by atoms with Crippen LogP contribution in [-0.2, 0) is 16.0 Å². The Morgan fingerprint density at radius 3 is 2.32 bits per heavy atom. The molecule has 0 saturated heterocycles. The predicted molar refractivity (Wildman–Crippen MR) is 93.0 cm³/mol. The first kappa shape index (κ1) is 20.8. The molecule has 0 aliphatic carbocycles. The zero-order chi connectivity index (χ0) is 19.1. The van der Waals surface area contributed by atoms with Gasteiger partial charge in [0.25, 0.3) is 0 Å². The second-order valence-corrected chi connectivity index (χ2v) is 7.14. The van der Waals surface area contributed by atoms with E-state index in [1.807, 2.05) is 6.92 Å². The molecule has 1 aromatic rings. The number of nitrogens with zero attached hydrogens (tertiary/aromatic N) is 2. The number of hydrogen-bond donors (Lipinski definition) is 3. The highest BCUT2D eigenvalue weighted by molar-refractivity contribution is 7.05. The van der Waals surface area contributed by atoms with Crippen LogP contribution < -0.4 is 21.5 Å². The van der Waals surface area contributed by atoms with Crippen molar-refractivity contribution >= 4 is 29.3 Å². The van der Waals surface area contributed by atoms with Crippen LogP contribution in [0.5, 0.6) is 6.01 Å². The van der Waals surface area contributed by atoms with Crippen molar-refractivity contribution in [3.05, 3.63) is 5.01 Å². The topological polar surface area (TPSA) is 150 Å². The third-order valence-electron chi connectivity index (χ3n) is 3.73. The third kappa shape index (κ3) is 6.29. The van der Waals surface area contributed by atoms with E-state index in [2.05, 4.69) is 14.7 Å². The van der Waals surface area contributed by atoms with Gasteiger partial charge in [-0.15, -0.1) is 4.37 Å². The Bertz CT molecular complexity index is 619. The Morgan fingerprint density at radius 1 is 1.24 bits per heavy atom. The van der Waals surface area contributed by atoms with Crippen LogP contribution >= 0.6 is 11.5 Å². The quantitative estimate of drug-likeness (QED) is 0.509. The van der Waals surface area contributed by atoms with Crippen LogP contribution in [0.4, 0.5) is 4.79 Å². The molecule has 0 aliphatic rings. The van der Waals surface area contributed by atoms with Crippen LogP contribution in [0.2, 0.25) is 0 Å². The molecular formula is C15H25N5O4S. The minimum absolute atomic E-state index is 0.0147. The summed E-state index contributed by atoms with van der Waals surface area (Å²) in [6.45, 7) is 5.36. The van der Waals surface area contributed by atoms with Gasteiger partial charge in [0.2, 0.25) is 5.91 Å². The lowest BCUT2D eigenvalue weighted by Crippen LogP contribution is -2.50. The Labute approximate surface area is 150 Å². The number of aromatic nitrogens is 2. The minimum atomic E-state index is -0.981. The van der Waals surface area contributed by atoms with Gasteiger partial charge in [0.05, 0.1) is 13.2 Å². The number of nitrogens with one attached hydrogen (secondary N) is 1. The molecule has 0 aliphatic heterocycles. The van der Waals surface area contributed by atoms with Gasteiger partial charge in [-0.2, -0.15) is 4.98 Å². The van der Waals surface area contributed by atoms with Crippen LogP contribution in [0, 0.1) is 17.8 Å². The van der Waals surface area contributed by atoms with E-state index in [9.17, 15) is 14.4 Å². The van der Waals surface area contributed by atoms with Gasteiger partial charge >= 0.3 is 12.0 Å². The third-order valence-corrected chi connectivity index (χ3v) is 4.45. The van der Waals surface area contributed by atoms with Gasteiger partial charge in [-0.3, -0.25) is 9.59 Å². The van der Waals surface area contributed by atoms with Crippen molar-refractivity contribution in [1.82, 2.24) is 14.7 Å². The maximum atomic E-state index is 12.7. The largest absolute Gasteiger partial charge is 0.466 e. The number of ketones is 1. The number of carbonyl (C=O) groups excluding carboxylic acids is 3. The van der Waals surface area contributed by atoms with Gasteiger partial charge in [-0.05, 0) is 29.8 Å². The highest BCUT2D eigenvalue weighted by Gasteiger charge is 2.34. The van der Waals surface area contributed by atoms with E-state index < -0.39 is 29.7 Å². The fourth-order valence-corrected chi connectivity index (χ4v) is 3.40. The fraction of sp³-hybridized carbons (Fsp3) is 0.667. The average molecular weight is 371 g/mol. The lowest BCUT2D eigenvalue weighted by Gasteiger charge is -2.25. The molecule has 0 aromatic carbocycles. The predicted octanol–water partition coefficient (Wildman–Crippen LogP) is 0.479. The molecular weight excluding hydrogens is 346 g/mol. The lowest BCUT2D eigenvalue weighted by molar-refractivity contribution is -0.135. The summed E-state index contributed by atoms with van der Waals surface area (Å²) in [5.74, 6) is -2.41. The zero-order valence-electron chi connectivity index (χ0n) is 14.8. The number of primary amides is 2. The van der Waals surface area contributed by atoms with E-state index >= 15 is 0 Å². The number of ether oxygens (including phenoxy) is 1. The highest BCUT2D eigenvalue weighted by Crippen LogP contribution is 2.21. The summed E-state index contributed by atoms with van der Waals surface area (Å²) in [6, 6.07) is -1.42. The molecule has 1 aromatic heterocycles. The van der Waals surface area contributed by atoms with Crippen molar-refractivity contribution in [2.24, 2.45) is 29.2 Å². The molecule has 1 heterocycles. The second kappa shape index (κ2) is 9.30. The number of hydrogen-bond acceptors (Lipinski definition) is 7.